The molecule has 1 rings (SSSR count). The van der Waals surface area contributed by atoms with Crippen LogP contribution in [0.25, 0.3) is 0 Å². The molecule has 1 aromatic carbocycles. The Morgan fingerprint density at radius 1 is 0.667 bits per heavy atom. The molecule has 0 radical (unpaired) electrons. The summed E-state index contributed by atoms with van der Waals surface area (Å²) in [6, 6.07) is 2.82. The normalized spacial score (nSPS) is 11.0. The predicted molar refractivity (Wildman–Crippen MR) is 105 cm³/mol. The monoisotopic (exact) mass is 430 g/mol. The Balaban J connectivity index is 2.70. The first kappa shape index (κ1) is 26.0. The van der Waals surface area contributed by atoms with Gasteiger partial charge in [-0.3, -0.25) is 0 Å². The molecule has 0 heterocycles. The van der Waals surface area contributed by atoms with Gasteiger partial charge in [-0.15, -0.1) is 0 Å². The number of aromatic carboxylic acids is 2. The second-order valence-electron chi connectivity index (χ2n) is 6.30. The molecule has 0 aromatic heterocycles. The van der Waals surface area contributed by atoms with Crippen LogP contribution >= 0.6 is 0 Å². The maximum absolute atomic E-state index is 11.6. The largest absolute Gasteiger partial charge is 0.478 e. The van der Waals surface area contributed by atoms with Gasteiger partial charge >= 0.3 is 11.9 Å². The van der Waals surface area contributed by atoms with Gasteiger partial charge in [-0.2, -0.15) is 0 Å². The van der Waals surface area contributed by atoms with Crippen LogP contribution in [0, 0.1) is 0 Å². The summed E-state index contributed by atoms with van der Waals surface area (Å²) in [6.07, 6.45) is 1.86. The van der Waals surface area contributed by atoms with Crippen molar-refractivity contribution in [2.75, 3.05) is 53.2 Å². The fraction of sp³-hybridized carbons (Fsp3) is 0.600. The topological polar surface area (TPSA) is 152 Å². The van der Waals surface area contributed by atoms with Crippen LogP contribution in [0.3, 0.4) is 0 Å². The molecule has 0 spiro atoms. The van der Waals surface area contributed by atoms with Crippen molar-refractivity contribution in [1.29, 1.82) is 0 Å². The number of hydrogen-bond donors (Lipinski definition) is 4. The zero-order valence-electron chi connectivity index (χ0n) is 16.9. The molecule has 0 bridgehead atoms. The summed E-state index contributed by atoms with van der Waals surface area (Å²) in [5.41, 5.74) is 0.992. The molecular formula is C20H30O10. The fourth-order valence-corrected chi connectivity index (χ4v) is 2.72. The molecule has 4 N–H and O–H groups in total. The zero-order valence-corrected chi connectivity index (χ0v) is 16.9. The van der Waals surface area contributed by atoms with E-state index in [0.717, 1.165) is 0 Å². The maximum Gasteiger partial charge on any atom is 0.335 e. The SMILES string of the molecule is O=C(O)c1cc(C(=O)O)c(CCCOCOCCO)cc1CCCOCOCCO. The van der Waals surface area contributed by atoms with E-state index in [1.165, 1.54) is 6.07 Å². The summed E-state index contributed by atoms with van der Waals surface area (Å²) >= 11 is 0. The Labute approximate surface area is 174 Å². The van der Waals surface area contributed by atoms with Crippen LogP contribution in [0.4, 0.5) is 0 Å². The third-order valence-corrected chi connectivity index (χ3v) is 4.06. The van der Waals surface area contributed by atoms with E-state index in [-0.39, 0.29) is 51.1 Å². The van der Waals surface area contributed by atoms with E-state index in [0.29, 0.717) is 50.0 Å². The Kier molecular flexibility index (Phi) is 13.6. The van der Waals surface area contributed by atoms with E-state index in [2.05, 4.69) is 0 Å². The predicted octanol–water partition coefficient (Wildman–Crippen LogP) is 0.914. The molecule has 0 aliphatic carbocycles. The molecule has 10 nitrogen and oxygen atoms in total. The van der Waals surface area contributed by atoms with Gasteiger partial charge in [0.25, 0.3) is 0 Å². The molecule has 0 saturated heterocycles. The van der Waals surface area contributed by atoms with Gasteiger partial charge < -0.3 is 39.4 Å². The van der Waals surface area contributed by atoms with Gasteiger partial charge in [0.15, 0.2) is 0 Å². The van der Waals surface area contributed by atoms with Crippen molar-refractivity contribution >= 4 is 11.9 Å². The molecule has 0 aliphatic rings. The van der Waals surface area contributed by atoms with Gasteiger partial charge in [0, 0.05) is 13.2 Å². The average Bonchev–Trinajstić information content (AvgIpc) is 2.72. The van der Waals surface area contributed by atoms with Gasteiger partial charge in [-0.05, 0) is 42.9 Å². The molecule has 170 valence electrons. The lowest BCUT2D eigenvalue weighted by Crippen LogP contribution is -2.12. The molecule has 0 amide bonds. The third kappa shape index (κ3) is 10.1. The number of carboxylic acids is 2. The first-order valence-electron chi connectivity index (χ1n) is 9.66. The number of aliphatic hydroxyl groups is 2. The maximum atomic E-state index is 11.6. The molecule has 0 atom stereocenters. The summed E-state index contributed by atoms with van der Waals surface area (Å²) in [6.45, 7) is 0.927. The second kappa shape index (κ2) is 15.7. The number of hydrogen-bond acceptors (Lipinski definition) is 8. The van der Waals surface area contributed by atoms with Crippen molar-refractivity contribution < 1.29 is 49.0 Å². The van der Waals surface area contributed by atoms with Gasteiger partial charge in [0.05, 0.1) is 37.6 Å². The second-order valence-corrected chi connectivity index (χ2v) is 6.30. The van der Waals surface area contributed by atoms with Crippen molar-refractivity contribution in [1.82, 2.24) is 0 Å². The van der Waals surface area contributed by atoms with Crippen LogP contribution in [0.1, 0.15) is 44.7 Å². The van der Waals surface area contributed by atoms with Crippen LogP contribution in [0.2, 0.25) is 0 Å². The van der Waals surface area contributed by atoms with Crippen LogP contribution in [-0.2, 0) is 31.8 Å². The minimum atomic E-state index is -1.18. The Bertz CT molecular complexity index is 595. The van der Waals surface area contributed by atoms with Crippen molar-refractivity contribution in [3.05, 3.63) is 34.4 Å². The Morgan fingerprint density at radius 3 is 1.43 bits per heavy atom. The van der Waals surface area contributed by atoms with Crippen LogP contribution in [0.5, 0.6) is 0 Å². The minimum Gasteiger partial charge on any atom is -0.478 e. The minimum absolute atomic E-state index is 0.0393. The lowest BCUT2D eigenvalue weighted by molar-refractivity contribution is -0.0626. The molecule has 1 aromatic rings. The zero-order chi connectivity index (χ0) is 22.2. The van der Waals surface area contributed by atoms with E-state index < -0.39 is 11.9 Å². The summed E-state index contributed by atoms with van der Waals surface area (Å²) in [5.74, 6) is -2.37. The molecule has 0 saturated carbocycles. The van der Waals surface area contributed by atoms with E-state index in [1.807, 2.05) is 0 Å². The van der Waals surface area contributed by atoms with E-state index in [1.54, 1.807) is 6.07 Å². The van der Waals surface area contributed by atoms with Gasteiger partial charge in [0.1, 0.15) is 13.6 Å². The Hall–Kier alpha value is -2.08. The number of aliphatic hydroxyl groups excluding tert-OH is 2. The summed E-state index contributed by atoms with van der Waals surface area (Å²) in [5, 5.41) is 36.1. The molecule has 0 unspecified atom stereocenters. The standard InChI is InChI=1S/C20H30O10/c21-5-9-29-13-27-7-1-3-15-11-16(4-2-8-28-14-30-10-6-22)18(20(25)26)12-17(15)19(23)24/h11-12,21-22H,1-10,13-14H2,(H,23,24)(H,25,26). The number of carbonyl (C=O) groups is 2. The summed E-state index contributed by atoms with van der Waals surface area (Å²) in [7, 11) is 0. The van der Waals surface area contributed by atoms with Crippen molar-refractivity contribution in [2.45, 2.75) is 25.7 Å². The van der Waals surface area contributed by atoms with Gasteiger partial charge in [-0.1, -0.05) is 6.07 Å². The number of ether oxygens (including phenoxy) is 4. The smallest absolute Gasteiger partial charge is 0.335 e. The first-order chi connectivity index (χ1) is 14.5. The van der Waals surface area contributed by atoms with Crippen LogP contribution in [0.15, 0.2) is 12.1 Å². The highest BCUT2D eigenvalue weighted by molar-refractivity contribution is 5.96. The summed E-state index contributed by atoms with van der Waals surface area (Å²) in [4.78, 5) is 23.2. The van der Waals surface area contributed by atoms with Crippen LogP contribution < -0.4 is 0 Å². The third-order valence-electron chi connectivity index (χ3n) is 4.06. The van der Waals surface area contributed by atoms with E-state index in [9.17, 15) is 19.8 Å². The molecule has 30 heavy (non-hydrogen) atoms. The van der Waals surface area contributed by atoms with Gasteiger partial charge in [-0.25, -0.2) is 9.59 Å². The van der Waals surface area contributed by atoms with Gasteiger partial charge in [0.2, 0.25) is 0 Å². The quantitative estimate of drug-likeness (QED) is 0.195. The lowest BCUT2D eigenvalue weighted by Gasteiger charge is -2.13. The molecule has 0 aliphatic heterocycles. The molecule has 10 heteroatoms. The van der Waals surface area contributed by atoms with E-state index >= 15 is 0 Å². The number of carboxylic acid groups (broad SMARTS) is 2. The van der Waals surface area contributed by atoms with Crippen molar-refractivity contribution in [2.24, 2.45) is 0 Å². The highest BCUT2D eigenvalue weighted by atomic mass is 16.7. The molecule has 0 fully saturated rings. The first-order valence-corrected chi connectivity index (χ1v) is 9.66. The lowest BCUT2D eigenvalue weighted by atomic mass is 9.93. The highest BCUT2D eigenvalue weighted by Gasteiger charge is 2.18. The Morgan fingerprint density at radius 2 is 1.07 bits per heavy atom. The van der Waals surface area contributed by atoms with Crippen molar-refractivity contribution in [3.8, 4) is 0 Å². The number of benzene rings is 1. The number of rotatable bonds is 18. The van der Waals surface area contributed by atoms with Crippen molar-refractivity contribution in [3.63, 3.8) is 0 Å². The number of aryl methyl sites for hydroxylation is 2. The van der Waals surface area contributed by atoms with Crippen LogP contribution in [-0.4, -0.2) is 85.6 Å². The van der Waals surface area contributed by atoms with E-state index in [4.69, 9.17) is 29.2 Å². The fourth-order valence-electron chi connectivity index (χ4n) is 2.72. The molecular weight excluding hydrogens is 400 g/mol. The average molecular weight is 430 g/mol. The highest BCUT2D eigenvalue weighted by Crippen LogP contribution is 2.21. The summed E-state index contributed by atoms with van der Waals surface area (Å²) < 4.78 is 20.5.